The molecule has 0 heterocycles. The van der Waals surface area contributed by atoms with Gasteiger partial charge in [-0.25, -0.2) is 0 Å². The van der Waals surface area contributed by atoms with Crippen LogP contribution in [0.1, 0.15) is 58.8 Å². The molecule has 0 aromatic rings. The van der Waals surface area contributed by atoms with E-state index in [-0.39, 0.29) is 5.60 Å². The predicted molar refractivity (Wildman–Crippen MR) is 73.0 cm³/mol. The van der Waals surface area contributed by atoms with Crippen LogP contribution in [0.25, 0.3) is 0 Å². The molecule has 1 atom stereocenters. The minimum Gasteiger partial charge on any atom is -0.377 e. The van der Waals surface area contributed by atoms with Gasteiger partial charge in [0, 0.05) is 19.6 Å². The summed E-state index contributed by atoms with van der Waals surface area (Å²) >= 11 is 0. The molecule has 17 heavy (non-hydrogen) atoms. The molecule has 0 bridgehead atoms. The fraction of sp³-hybridized carbons (Fsp3) is 0.867. The molecule has 0 saturated heterocycles. The molecule has 98 valence electrons. The van der Waals surface area contributed by atoms with Gasteiger partial charge in [-0.3, -0.25) is 0 Å². The van der Waals surface area contributed by atoms with E-state index in [0.29, 0.717) is 6.04 Å². The number of hydrogen-bond donors (Lipinski definition) is 1. The Balaban J connectivity index is 2.78. The zero-order valence-electron chi connectivity index (χ0n) is 11.6. The summed E-state index contributed by atoms with van der Waals surface area (Å²) in [5.74, 6) is 6.22. The van der Waals surface area contributed by atoms with Crippen LogP contribution in [-0.2, 0) is 4.74 Å². The number of ether oxygens (including phenoxy) is 1. The molecular weight excluding hydrogens is 210 g/mol. The third-order valence-electron chi connectivity index (χ3n) is 3.92. The van der Waals surface area contributed by atoms with Crippen molar-refractivity contribution in [1.29, 1.82) is 0 Å². The Morgan fingerprint density at radius 3 is 2.35 bits per heavy atom. The van der Waals surface area contributed by atoms with E-state index in [2.05, 4.69) is 24.1 Å². The van der Waals surface area contributed by atoms with E-state index in [4.69, 9.17) is 4.74 Å². The van der Waals surface area contributed by atoms with Gasteiger partial charge in [0.1, 0.15) is 0 Å². The molecule has 1 fully saturated rings. The van der Waals surface area contributed by atoms with E-state index in [1.54, 1.807) is 0 Å². The summed E-state index contributed by atoms with van der Waals surface area (Å²) in [5.41, 5.74) is 0.0103. The van der Waals surface area contributed by atoms with Gasteiger partial charge in [-0.15, -0.1) is 11.8 Å². The lowest BCUT2D eigenvalue weighted by atomic mass is 9.84. The van der Waals surface area contributed by atoms with Crippen LogP contribution >= 0.6 is 0 Å². The van der Waals surface area contributed by atoms with Gasteiger partial charge < -0.3 is 10.1 Å². The quantitative estimate of drug-likeness (QED) is 0.586. The van der Waals surface area contributed by atoms with Gasteiger partial charge >= 0.3 is 0 Å². The second kappa shape index (κ2) is 7.74. The minimum absolute atomic E-state index is 0.0103. The number of methoxy groups -OCH3 is 1. The third-order valence-corrected chi connectivity index (χ3v) is 3.92. The van der Waals surface area contributed by atoms with Gasteiger partial charge in [0.2, 0.25) is 0 Å². The predicted octanol–water partition coefficient (Wildman–Crippen LogP) is 3.12. The molecule has 1 rings (SSSR count). The van der Waals surface area contributed by atoms with Crippen molar-refractivity contribution in [2.24, 2.45) is 0 Å². The summed E-state index contributed by atoms with van der Waals surface area (Å²) in [5, 5.41) is 3.58. The Bertz CT molecular complexity index is 256. The molecular formula is C15H27NO. The molecule has 1 saturated carbocycles. The summed E-state index contributed by atoms with van der Waals surface area (Å²) in [7, 11) is 1.87. The third kappa shape index (κ3) is 4.01. The van der Waals surface area contributed by atoms with Gasteiger partial charge in [-0.2, -0.15) is 0 Å². The van der Waals surface area contributed by atoms with E-state index in [1.807, 2.05) is 14.0 Å². The Kier molecular flexibility index (Phi) is 6.62. The molecule has 1 aliphatic carbocycles. The van der Waals surface area contributed by atoms with Crippen LogP contribution < -0.4 is 5.32 Å². The Labute approximate surface area is 107 Å². The standard InChI is InChI=1S/C15H27NO/c1-4-6-11-14(16-5-2)15(17-3)12-9-7-8-10-13-15/h14,16H,5,7-13H2,1-3H3. The van der Waals surface area contributed by atoms with Gasteiger partial charge in [-0.1, -0.05) is 32.6 Å². The fourth-order valence-electron chi connectivity index (χ4n) is 2.92. The largest absolute Gasteiger partial charge is 0.377 e. The van der Waals surface area contributed by atoms with Crippen molar-refractivity contribution in [2.45, 2.75) is 70.4 Å². The van der Waals surface area contributed by atoms with Gasteiger partial charge in [0.05, 0.1) is 5.60 Å². The normalized spacial score (nSPS) is 21.1. The molecule has 0 radical (unpaired) electrons. The molecule has 0 aromatic carbocycles. The van der Waals surface area contributed by atoms with Crippen LogP contribution in [0.2, 0.25) is 0 Å². The van der Waals surface area contributed by atoms with E-state index in [9.17, 15) is 0 Å². The topological polar surface area (TPSA) is 21.3 Å². The zero-order valence-corrected chi connectivity index (χ0v) is 11.6. The van der Waals surface area contributed by atoms with Crippen molar-refractivity contribution in [3.8, 4) is 11.8 Å². The highest BCUT2D eigenvalue weighted by Crippen LogP contribution is 2.34. The Morgan fingerprint density at radius 2 is 1.88 bits per heavy atom. The summed E-state index contributed by atoms with van der Waals surface area (Å²) in [6.45, 7) is 5.06. The summed E-state index contributed by atoms with van der Waals surface area (Å²) in [4.78, 5) is 0. The molecule has 2 nitrogen and oxygen atoms in total. The molecule has 0 spiro atoms. The van der Waals surface area contributed by atoms with E-state index in [1.165, 1.54) is 38.5 Å². The first kappa shape index (κ1) is 14.5. The number of rotatable bonds is 5. The highest BCUT2D eigenvalue weighted by molar-refractivity contribution is 5.04. The van der Waals surface area contributed by atoms with Crippen molar-refractivity contribution < 1.29 is 4.74 Å². The lowest BCUT2D eigenvalue weighted by Crippen LogP contribution is -2.51. The first-order chi connectivity index (χ1) is 8.29. The number of hydrogen-bond acceptors (Lipinski definition) is 2. The second-order valence-corrected chi connectivity index (χ2v) is 4.92. The molecule has 2 heteroatoms. The van der Waals surface area contributed by atoms with Crippen LogP contribution in [0.5, 0.6) is 0 Å². The lowest BCUT2D eigenvalue weighted by Gasteiger charge is -2.39. The SMILES string of the molecule is CC#CCC(NCC)C1(OC)CCCCCC1. The molecule has 0 amide bonds. The maximum Gasteiger partial charge on any atom is 0.0840 e. The maximum absolute atomic E-state index is 5.94. The van der Waals surface area contributed by atoms with Crippen molar-refractivity contribution in [3.63, 3.8) is 0 Å². The second-order valence-electron chi connectivity index (χ2n) is 4.92. The average molecular weight is 237 g/mol. The average Bonchev–Trinajstić information content (AvgIpc) is 2.60. The van der Waals surface area contributed by atoms with Crippen molar-refractivity contribution in [1.82, 2.24) is 5.32 Å². The zero-order chi connectivity index (χ0) is 12.6. The monoisotopic (exact) mass is 237 g/mol. The van der Waals surface area contributed by atoms with Crippen LogP contribution in [-0.4, -0.2) is 25.3 Å². The van der Waals surface area contributed by atoms with E-state index < -0.39 is 0 Å². The molecule has 1 N–H and O–H groups in total. The van der Waals surface area contributed by atoms with Gasteiger partial charge in [0.25, 0.3) is 0 Å². The first-order valence-corrected chi connectivity index (χ1v) is 6.97. The summed E-state index contributed by atoms with van der Waals surface area (Å²) < 4.78 is 5.94. The molecule has 0 aliphatic heterocycles. The smallest absolute Gasteiger partial charge is 0.0840 e. The molecule has 1 aliphatic rings. The van der Waals surface area contributed by atoms with Crippen LogP contribution in [0, 0.1) is 11.8 Å². The summed E-state index contributed by atoms with van der Waals surface area (Å²) in [6, 6.07) is 0.378. The maximum atomic E-state index is 5.94. The highest BCUT2D eigenvalue weighted by Gasteiger charge is 2.38. The number of nitrogens with one attached hydrogen (secondary N) is 1. The van der Waals surface area contributed by atoms with Crippen molar-refractivity contribution >= 4 is 0 Å². The van der Waals surface area contributed by atoms with E-state index >= 15 is 0 Å². The van der Waals surface area contributed by atoms with Crippen molar-refractivity contribution in [3.05, 3.63) is 0 Å². The highest BCUT2D eigenvalue weighted by atomic mass is 16.5. The van der Waals surface area contributed by atoms with E-state index in [0.717, 1.165) is 13.0 Å². The Morgan fingerprint density at radius 1 is 1.24 bits per heavy atom. The van der Waals surface area contributed by atoms with Gasteiger partial charge in [0.15, 0.2) is 0 Å². The molecule has 1 unspecified atom stereocenters. The number of likely N-dealkylation sites (N-methyl/N-ethyl adjacent to an activating group) is 1. The fourth-order valence-corrected chi connectivity index (χ4v) is 2.92. The van der Waals surface area contributed by atoms with Gasteiger partial charge in [-0.05, 0) is 26.3 Å². The Hall–Kier alpha value is -0.520. The van der Waals surface area contributed by atoms with Crippen molar-refractivity contribution in [2.75, 3.05) is 13.7 Å². The van der Waals surface area contributed by atoms with Crippen LogP contribution in [0.4, 0.5) is 0 Å². The molecule has 0 aromatic heterocycles. The first-order valence-electron chi connectivity index (χ1n) is 6.97. The van der Waals surface area contributed by atoms with Crippen LogP contribution in [0.3, 0.4) is 0 Å². The lowest BCUT2D eigenvalue weighted by molar-refractivity contribution is -0.0511. The minimum atomic E-state index is 0.0103. The summed E-state index contributed by atoms with van der Waals surface area (Å²) in [6.07, 6.45) is 8.52. The van der Waals surface area contributed by atoms with Crippen LogP contribution in [0.15, 0.2) is 0 Å².